The number of anilines is 2. The molecule has 0 atom stereocenters. The van der Waals surface area contributed by atoms with Crippen LogP contribution in [0.3, 0.4) is 0 Å². The van der Waals surface area contributed by atoms with Crippen LogP contribution >= 0.6 is 0 Å². The third kappa shape index (κ3) is 5.08. The minimum atomic E-state index is -0.229. The Morgan fingerprint density at radius 3 is 2.44 bits per heavy atom. The van der Waals surface area contributed by atoms with Crippen molar-refractivity contribution >= 4 is 23.1 Å². The lowest BCUT2D eigenvalue weighted by molar-refractivity contribution is -0.118. The highest BCUT2D eigenvalue weighted by Crippen LogP contribution is 2.23. The number of nitrogens with zero attached hydrogens (tertiary/aromatic N) is 1. The fourth-order valence-electron chi connectivity index (χ4n) is 2.93. The first kappa shape index (κ1) is 18.9. The van der Waals surface area contributed by atoms with Gasteiger partial charge < -0.3 is 19.7 Å². The van der Waals surface area contributed by atoms with Crippen molar-refractivity contribution in [2.45, 2.75) is 13.8 Å². The fourth-order valence-corrected chi connectivity index (χ4v) is 2.93. The van der Waals surface area contributed by atoms with E-state index in [0.717, 1.165) is 43.2 Å². The highest BCUT2D eigenvalue weighted by molar-refractivity contribution is 5.94. The number of benzene rings is 2. The topological polar surface area (TPSA) is 67.9 Å². The number of hydrogen-bond donors (Lipinski definition) is 1. The van der Waals surface area contributed by atoms with Crippen molar-refractivity contribution in [1.29, 1.82) is 0 Å². The number of rotatable bonds is 6. The molecule has 0 spiro atoms. The quantitative estimate of drug-likeness (QED) is 0.794. The van der Waals surface area contributed by atoms with E-state index in [0.29, 0.717) is 11.3 Å². The molecule has 0 aromatic heterocycles. The SMILES string of the molecule is CC(=O)c1ccc(OCC(=O)Nc2ccc(N3CCOCC3)cc2C)cc1. The Bertz CT molecular complexity index is 811. The number of carbonyl (C=O) groups excluding carboxylic acids is 2. The number of ether oxygens (including phenoxy) is 2. The van der Waals surface area contributed by atoms with Crippen LogP contribution in [0.15, 0.2) is 42.5 Å². The second-order valence-corrected chi connectivity index (χ2v) is 6.52. The smallest absolute Gasteiger partial charge is 0.262 e. The van der Waals surface area contributed by atoms with Crippen molar-refractivity contribution in [3.8, 4) is 5.75 Å². The molecule has 0 unspecified atom stereocenters. The van der Waals surface area contributed by atoms with Gasteiger partial charge in [0.15, 0.2) is 12.4 Å². The molecular weight excluding hydrogens is 344 g/mol. The standard InChI is InChI=1S/C21H24N2O4/c1-15-13-18(23-9-11-26-12-10-23)5-8-20(15)22-21(25)14-27-19-6-3-17(4-7-19)16(2)24/h3-8,13H,9-12,14H2,1-2H3,(H,22,25). The van der Waals surface area contributed by atoms with Gasteiger partial charge in [0, 0.05) is 30.0 Å². The largest absolute Gasteiger partial charge is 0.484 e. The average Bonchev–Trinajstić information content (AvgIpc) is 2.69. The number of hydrogen-bond acceptors (Lipinski definition) is 5. The van der Waals surface area contributed by atoms with E-state index in [4.69, 9.17) is 9.47 Å². The van der Waals surface area contributed by atoms with E-state index in [-0.39, 0.29) is 18.3 Å². The predicted octanol–water partition coefficient (Wildman–Crippen LogP) is 3.05. The van der Waals surface area contributed by atoms with Crippen LogP contribution in [-0.2, 0) is 9.53 Å². The third-order valence-corrected chi connectivity index (χ3v) is 4.49. The Morgan fingerprint density at radius 1 is 1.11 bits per heavy atom. The molecule has 0 radical (unpaired) electrons. The Labute approximate surface area is 159 Å². The molecule has 1 heterocycles. The lowest BCUT2D eigenvalue weighted by atomic mass is 10.1. The summed E-state index contributed by atoms with van der Waals surface area (Å²) in [7, 11) is 0. The van der Waals surface area contributed by atoms with Gasteiger partial charge in [0.2, 0.25) is 0 Å². The lowest BCUT2D eigenvalue weighted by Gasteiger charge is -2.29. The molecule has 0 saturated carbocycles. The summed E-state index contributed by atoms with van der Waals surface area (Å²) >= 11 is 0. The van der Waals surface area contributed by atoms with Gasteiger partial charge in [-0.25, -0.2) is 0 Å². The molecule has 1 N–H and O–H groups in total. The third-order valence-electron chi connectivity index (χ3n) is 4.49. The first-order valence-electron chi connectivity index (χ1n) is 9.00. The van der Waals surface area contributed by atoms with Gasteiger partial charge in [0.1, 0.15) is 5.75 Å². The molecule has 6 heteroatoms. The van der Waals surface area contributed by atoms with Crippen LogP contribution in [0.2, 0.25) is 0 Å². The summed E-state index contributed by atoms with van der Waals surface area (Å²) in [5.41, 5.74) is 3.52. The van der Waals surface area contributed by atoms with Crippen LogP contribution in [0.25, 0.3) is 0 Å². The Kier molecular flexibility index (Phi) is 6.08. The monoisotopic (exact) mass is 368 g/mol. The molecular formula is C21H24N2O4. The van der Waals surface area contributed by atoms with Crippen LogP contribution < -0.4 is 15.0 Å². The molecule has 0 bridgehead atoms. The van der Waals surface area contributed by atoms with E-state index < -0.39 is 0 Å². The summed E-state index contributed by atoms with van der Waals surface area (Å²) in [6.07, 6.45) is 0. The molecule has 2 aromatic rings. The summed E-state index contributed by atoms with van der Waals surface area (Å²) in [6, 6.07) is 12.7. The molecule has 27 heavy (non-hydrogen) atoms. The molecule has 1 fully saturated rings. The van der Waals surface area contributed by atoms with E-state index in [2.05, 4.69) is 16.3 Å². The molecule has 1 aliphatic heterocycles. The summed E-state index contributed by atoms with van der Waals surface area (Å²) in [6.45, 7) is 6.62. The highest BCUT2D eigenvalue weighted by atomic mass is 16.5. The number of amides is 1. The maximum absolute atomic E-state index is 12.2. The zero-order chi connectivity index (χ0) is 19.2. The molecule has 3 rings (SSSR count). The number of ketones is 1. The van der Waals surface area contributed by atoms with Crippen LogP contribution in [0.5, 0.6) is 5.75 Å². The minimum Gasteiger partial charge on any atom is -0.484 e. The number of carbonyl (C=O) groups is 2. The highest BCUT2D eigenvalue weighted by Gasteiger charge is 2.13. The van der Waals surface area contributed by atoms with Crippen molar-refractivity contribution in [3.05, 3.63) is 53.6 Å². The molecule has 1 amide bonds. The molecule has 0 aliphatic carbocycles. The van der Waals surface area contributed by atoms with Crippen molar-refractivity contribution in [2.75, 3.05) is 43.1 Å². The van der Waals surface area contributed by atoms with Gasteiger partial charge >= 0.3 is 0 Å². The number of aryl methyl sites for hydroxylation is 1. The summed E-state index contributed by atoms with van der Waals surface area (Å²) < 4.78 is 10.9. The maximum atomic E-state index is 12.2. The lowest BCUT2D eigenvalue weighted by Crippen LogP contribution is -2.36. The van der Waals surface area contributed by atoms with Crippen molar-refractivity contribution in [1.82, 2.24) is 0 Å². The second-order valence-electron chi connectivity index (χ2n) is 6.52. The van der Waals surface area contributed by atoms with E-state index in [1.165, 1.54) is 6.92 Å². The number of nitrogens with one attached hydrogen (secondary N) is 1. The van der Waals surface area contributed by atoms with Crippen LogP contribution in [0.4, 0.5) is 11.4 Å². The van der Waals surface area contributed by atoms with Crippen molar-refractivity contribution < 1.29 is 19.1 Å². The van der Waals surface area contributed by atoms with E-state index in [9.17, 15) is 9.59 Å². The van der Waals surface area contributed by atoms with Gasteiger partial charge in [-0.3, -0.25) is 9.59 Å². The van der Waals surface area contributed by atoms with Crippen LogP contribution in [0, 0.1) is 6.92 Å². The fraction of sp³-hybridized carbons (Fsp3) is 0.333. The Hall–Kier alpha value is -2.86. The molecule has 2 aromatic carbocycles. The predicted molar refractivity (Wildman–Crippen MR) is 105 cm³/mol. The van der Waals surface area contributed by atoms with Crippen LogP contribution in [-0.4, -0.2) is 44.6 Å². The van der Waals surface area contributed by atoms with Gasteiger partial charge in [-0.2, -0.15) is 0 Å². The van der Waals surface area contributed by atoms with Gasteiger partial charge in [-0.05, 0) is 61.9 Å². The van der Waals surface area contributed by atoms with Gasteiger partial charge in [-0.1, -0.05) is 0 Å². The maximum Gasteiger partial charge on any atom is 0.262 e. The van der Waals surface area contributed by atoms with Gasteiger partial charge in [0.05, 0.1) is 13.2 Å². The van der Waals surface area contributed by atoms with Crippen molar-refractivity contribution in [3.63, 3.8) is 0 Å². The van der Waals surface area contributed by atoms with Crippen molar-refractivity contribution in [2.24, 2.45) is 0 Å². The van der Waals surface area contributed by atoms with E-state index >= 15 is 0 Å². The zero-order valence-electron chi connectivity index (χ0n) is 15.7. The van der Waals surface area contributed by atoms with E-state index in [1.54, 1.807) is 24.3 Å². The molecule has 6 nitrogen and oxygen atoms in total. The summed E-state index contributed by atoms with van der Waals surface area (Å²) in [4.78, 5) is 25.7. The first-order chi connectivity index (χ1) is 13.0. The van der Waals surface area contributed by atoms with Crippen LogP contribution in [0.1, 0.15) is 22.8 Å². The first-order valence-corrected chi connectivity index (χ1v) is 9.00. The second kappa shape index (κ2) is 8.68. The van der Waals surface area contributed by atoms with Gasteiger partial charge in [-0.15, -0.1) is 0 Å². The molecule has 1 aliphatic rings. The van der Waals surface area contributed by atoms with Gasteiger partial charge in [0.25, 0.3) is 5.91 Å². The molecule has 142 valence electrons. The zero-order valence-corrected chi connectivity index (χ0v) is 15.7. The number of Topliss-reactive ketones (excluding diaryl/α,β-unsaturated/α-hetero) is 1. The normalized spacial score (nSPS) is 13.9. The summed E-state index contributed by atoms with van der Waals surface area (Å²) in [5, 5.41) is 2.88. The minimum absolute atomic E-state index is 0.00436. The number of morpholine rings is 1. The molecule has 1 saturated heterocycles. The Balaban J connectivity index is 1.54. The van der Waals surface area contributed by atoms with E-state index in [1.807, 2.05) is 19.1 Å². The average molecular weight is 368 g/mol. The Morgan fingerprint density at radius 2 is 1.81 bits per heavy atom. The summed E-state index contributed by atoms with van der Waals surface area (Å²) in [5.74, 6) is 0.317.